The van der Waals surface area contributed by atoms with E-state index in [0.717, 1.165) is 30.2 Å². The Bertz CT molecular complexity index is 400. The number of hydrogen-bond acceptors (Lipinski definition) is 3. The summed E-state index contributed by atoms with van der Waals surface area (Å²) in [6.45, 7) is 0. The monoisotopic (exact) mass is 283 g/mol. The van der Waals surface area contributed by atoms with Gasteiger partial charge >= 0.3 is 5.97 Å². The van der Waals surface area contributed by atoms with E-state index in [1.54, 1.807) is 18.2 Å². The molecule has 0 bridgehead atoms. The van der Waals surface area contributed by atoms with Gasteiger partial charge < -0.3 is 10.5 Å². The van der Waals surface area contributed by atoms with E-state index in [1.165, 1.54) is 0 Å². The van der Waals surface area contributed by atoms with Crippen LogP contribution in [0, 0.1) is 0 Å². The first kappa shape index (κ1) is 11.5. The van der Waals surface area contributed by atoms with Gasteiger partial charge in [0.2, 0.25) is 0 Å². The summed E-state index contributed by atoms with van der Waals surface area (Å²) >= 11 is 3.32. The van der Waals surface area contributed by atoms with Gasteiger partial charge in [0, 0.05) is 10.2 Å². The molecule has 86 valence electrons. The van der Waals surface area contributed by atoms with Crippen molar-refractivity contribution in [3.8, 4) is 0 Å². The fourth-order valence-electron chi connectivity index (χ4n) is 1.92. The average molecular weight is 284 g/mol. The van der Waals surface area contributed by atoms with Gasteiger partial charge in [0.1, 0.15) is 6.10 Å². The molecular weight excluding hydrogens is 270 g/mol. The molecule has 3 nitrogen and oxygen atoms in total. The predicted molar refractivity (Wildman–Crippen MR) is 66.2 cm³/mol. The van der Waals surface area contributed by atoms with Gasteiger partial charge in [-0.05, 0) is 59.8 Å². The molecule has 0 radical (unpaired) electrons. The molecule has 0 atom stereocenters. The maximum atomic E-state index is 11.9. The lowest BCUT2D eigenvalue weighted by Crippen LogP contribution is -2.15. The maximum Gasteiger partial charge on any atom is 0.339 e. The Labute approximate surface area is 103 Å². The molecule has 1 aliphatic rings. The largest absolute Gasteiger partial charge is 0.459 e. The number of halogens is 1. The van der Waals surface area contributed by atoms with Crippen molar-refractivity contribution in [2.45, 2.75) is 31.8 Å². The standard InChI is InChI=1S/C12H14BrNO2/c13-11-6-5-8(14)7-10(11)12(15)16-9-3-1-2-4-9/h5-7,9H,1-4,14H2. The molecule has 0 amide bonds. The third kappa shape index (κ3) is 2.55. The van der Waals surface area contributed by atoms with Gasteiger partial charge in [-0.3, -0.25) is 0 Å². The number of nitrogen functional groups attached to an aromatic ring is 1. The maximum absolute atomic E-state index is 11.9. The van der Waals surface area contributed by atoms with Crippen molar-refractivity contribution in [3.63, 3.8) is 0 Å². The van der Waals surface area contributed by atoms with Crippen molar-refractivity contribution in [2.75, 3.05) is 5.73 Å². The van der Waals surface area contributed by atoms with Gasteiger partial charge in [-0.15, -0.1) is 0 Å². The van der Waals surface area contributed by atoms with Crippen LogP contribution in [-0.4, -0.2) is 12.1 Å². The molecule has 1 saturated carbocycles. The van der Waals surface area contributed by atoms with Gasteiger partial charge in [0.15, 0.2) is 0 Å². The van der Waals surface area contributed by atoms with E-state index in [0.29, 0.717) is 11.3 Å². The number of carbonyl (C=O) groups is 1. The van der Waals surface area contributed by atoms with Crippen molar-refractivity contribution in [1.82, 2.24) is 0 Å². The van der Waals surface area contributed by atoms with Crippen LogP contribution < -0.4 is 5.73 Å². The highest BCUT2D eigenvalue weighted by molar-refractivity contribution is 9.10. The van der Waals surface area contributed by atoms with Crippen LogP contribution in [0.5, 0.6) is 0 Å². The highest BCUT2D eigenvalue weighted by Gasteiger charge is 2.21. The molecule has 4 heteroatoms. The molecule has 1 fully saturated rings. The Hall–Kier alpha value is -1.03. The minimum atomic E-state index is -0.286. The molecule has 1 aliphatic carbocycles. The lowest BCUT2D eigenvalue weighted by molar-refractivity contribution is 0.0317. The normalized spacial score (nSPS) is 16.3. The number of carbonyl (C=O) groups excluding carboxylic acids is 1. The average Bonchev–Trinajstić information content (AvgIpc) is 2.74. The third-order valence-electron chi connectivity index (χ3n) is 2.79. The number of rotatable bonds is 2. The summed E-state index contributed by atoms with van der Waals surface area (Å²) in [5, 5.41) is 0. The first-order valence-corrected chi connectivity index (χ1v) is 6.22. The summed E-state index contributed by atoms with van der Waals surface area (Å²) in [6, 6.07) is 5.15. The minimum absolute atomic E-state index is 0.0841. The molecule has 2 N–H and O–H groups in total. The lowest BCUT2D eigenvalue weighted by Gasteiger charge is -2.12. The Kier molecular flexibility index (Phi) is 3.49. The van der Waals surface area contributed by atoms with Crippen molar-refractivity contribution in [1.29, 1.82) is 0 Å². The number of esters is 1. The van der Waals surface area contributed by atoms with Crippen LogP contribution in [-0.2, 0) is 4.74 Å². The van der Waals surface area contributed by atoms with Crippen molar-refractivity contribution < 1.29 is 9.53 Å². The summed E-state index contributed by atoms with van der Waals surface area (Å²) in [5.41, 5.74) is 6.72. The van der Waals surface area contributed by atoms with Gasteiger partial charge in [-0.1, -0.05) is 0 Å². The Morgan fingerprint density at radius 2 is 2.06 bits per heavy atom. The molecular formula is C12H14BrNO2. The fourth-order valence-corrected chi connectivity index (χ4v) is 2.33. The molecule has 2 rings (SSSR count). The van der Waals surface area contributed by atoms with Crippen LogP contribution in [0.1, 0.15) is 36.0 Å². The molecule has 0 heterocycles. The predicted octanol–water partition coefficient (Wildman–Crippen LogP) is 3.13. The van der Waals surface area contributed by atoms with Crippen LogP contribution in [0.4, 0.5) is 5.69 Å². The van der Waals surface area contributed by atoms with Crippen LogP contribution in [0.25, 0.3) is 0 Å². The summed E-state index contributed by atoms with van der Waals surface area (Å²) in [6.07, 6.45) is 4.34. The number of hydrogen-bond donors (Lipinski definition) is 1. The second-order valence-electron chi connectivity index (χ2n) is 4.05. The second kappa shape index (κ2) is 4.87. The highest BCUT2D eigenvalue weighted by atomic mass is 79.9. The SMILES string of the molecule is Nc1ccc(Br)c(C(=O)OC2CCCC2)c1. The first-order valence-electron chi connectivity index (χ1n) is 5.43. The summed E-state index contributed by atoms with van der Waals surface area (Å²) < 4.78 is 6.14. The van der Waals surface area contributed by atoms with E-state index >= 15 is 0 Å². The lowest BCUT2D eigenvalue weighted by atomic mass is 10.2. The smallest absolute Gasteiger partial charge is 0.339 e. The molecule has 0 aliphatic heterocycles. The Morgan fingerprint density at radius 1 is 1.38 bits per heavy atom. The van der Waals surface area contributed by atoms with Crippen LogP contribution in [0.15, 0.2) is 22.7 Å². The zero-order chi connectivity index (χ0) is 11.5. The van der Waals surface area contributed by atoms with Gasteiger partial charge in [0.05, 0.1) is 5.56 Å². The molecule has 0 saturated heterocycles. The van der Waals surface area contributed by atoms with E-state index in [4.69, 9.17) is 10.5 Å². The summed E-state index contributed by atoms with van der Waals surface area (Å²) in [4.78, 5) is 11.9. The number of anilines is 1. The van der Waals surface area contributed by atoms with Crippen LogP contribution in [0.3, 0.4) is 0 Å². The van der Waals surface area contributed by atoms with E-state index in [-0.39, 0.29) is 12.1 Å². The number of benzene rings is 1. The topological polar surface area (TPSA) is 52.3 Å². The molecule has 0 aromatic heterocycles. The Morgan fingerprint density at radius 3 is 2.75 bits per heavy atom. The van der Waals surface area contributed by atoms with Gasteiger partial charge in [-0.25, -0.2) is 4.79 Å². The first-order chi connectivity index (χ1) is 7.66. The van der Waals surface area contributed by atoms with E-state index in [1.807, 2.05) is 0 Å². The van der Waals surface area contributed by atoms with Crippen molar-refractivity contribution in [3.05, 3.63) is 28.2 Å². The van der Waals surface area contributed by atoms with Gasteiger partial charge in [-0.2, -0.15) is 0 Å². The quantitative estimate of drug-likeness (QED) is 0.670. The van der Waals surface area contributed by atoms with Gasteiger partial charge in [0.25, 0.3) is 0 Å². The zero-order valence-corrected chi connectivity index (χ0v) is 10.5. The number of nitrogens with two attached hydrogens (primary N) is 1. The summed E-state index contributed by atoms with van der Waals surface area (Å²) in [5.74, 6) is -0.286. The third-order valence-corrected chi connectivity index (χ3v) is 3.48. The van der Waals surface area contributed by atoms with E-state index in [9.17, 15) is 4.79 Å². The van der Waals surface area contributed by atoms with E-state index < -0.39 is 0 Å². The van der Waals surface area contributed by atoms with Crippen molar-refractivity contribution >= 4 is 27.6 Å². The number of ether oxygens (including phenoxy) is 1. The highest BCUT2D eigenvalue weighted by Crippen LogP contribution is 2.25. The van der Waals surface area contributed by atoms with E-state index in [2.05, 4.69) is 15.9 Å². The van der Waals surface area contributed by atoms with Crippen LogP contribution in [0.2, 0.25) is 0 Å². The molecule has 0 spiro atoms. The molecule has 16 heavy (non-hydrogen) atoms. The molecule has 1 aromatic rings. The summed E-state index contributed by atoms with van der Waals surface area (Å²) in [7, 11) is 0. The fraction of sp³-hybridized carbons (Fsp3) is 0.417. The van der Waals surface area contributed by atoms with Crippen molar-refractivity contribution in [2.24, 2.45) is 0 Å². The minimum Gasteiger partial charge on any atom is -0.459 e. The Balaban J connectivity index is 2.10. The molecule has 1 aromatic carbocycles. The molecule has 0 unspecified atom stereocenters. The zero-order valence-electron chi connectivity index (χ0n) is 8.91. The van der Waals surface area contributed by atoms with Crippen LogP contribution >= 0.6 is 15.9 Å². The second-order valence-corrected chi connectivity index (χ2v) is 4.91.